The Morgan fingerprint density at radius 3 is 2.53 bits per heavy atom. The van der Waals surface area contributed by atoms with Crippen LogP contribution in [0.1, 0.15) is 52.1 Å². The lowest BCUT2D eigenvalue weighted by Gasteiger charge is -2.44. The molecule has 0 unspecified atom stereocenters. The van der Waals surface area contributed by atoms with Crippen LogP contribution in [0.25, 0.3) is 0 Å². The number of rotatable bonds is 1. The van der Waals surface area contributed by atoms with Gasteiger partial charge in [0.25, 0.3) is 0 Å². The molecule has 19 heavy (non-hydrogen) atoms. The lowest BCUT2D eigenvalue weighted by atomic mass is 9.60. The van der Waals surface area contributed by atoms with Gasteiger partial charge in [0, 0.05) is 6.42 Å². The SMILES string of the molecule is O=C(O)c1c(Cl)nc2c(c1O)C(=O)CC1(CCC1)C2. The van der Waals surface area contributed by atoms with Gasteiger partial charge in [-0.1, -0.05) is 18.0 Å². The molecule has 2 aliphatic rings. The van der Waals surface area contributed by atoms with Gasteiger partial charge in [-0.3, -0.25) is 4.79 Å². The van der Waals surface area contributed by atoms with Gasteiger partial charge in [-0.15, -0.1) is 0 Å². The average Bonchev–Trinajstić information content (AvgIpc) is 2.24. The molecular formula is C13H12ClNO4. The van der Waals surface area contributed by atoms with Gasteiger partial charge < -0.3 is 10.2 Å². The summed E-state index contributed by atoms with van der Waals surface area (Å²) in [7, 11) is 0. The van der Waals surface area contributed by atoms with Crippen molar-refractivity contribution < 1.29 is 19.8 Å². The Balaban J connectivity index is 2.17. The lowest BCUT2D eigenvalue weighted by Crippen LogP contribution is -2.38. The summed E-state index contributed by atoms with van der Waals surface area (Å²) < 4.78 is 0. The van der Waals surface area contributed by atoms with E-state index in [1.54, 1.807) is 0 Å². The maximum Gasteiger partial charge on any atom is 0.342 e. The number of carboxylic acid groups (broad SMARTS) is 1. The molecular weight excluding hydrogens is 270 g/mol. The molecule has 0 radical (unpaired) electrons. The third-order valence-electron chi connectivity index (χ3n) is 4.19. The van der Waals surface area contributed by atoms with Crippen LogP contribution in [0.2, 0.25) is 5.15 Å². The number of aromatic hydroxyl groups is 1. The molecule has 1 heterocycles. The van der Waals surface area contributed by atoms with Gasteiger partial charge in [0.1, 0.15) is 16.5 Å². The zero-order valence-corrected chi connectivity index (χ0v) is 10.8. The van der Waals surface area contributed by atoms with Crippen LogP contribution in [0.3, 0.4) is 0 Å². The summed E-state index contributed by atoms with van der Waals surface area (Å²) in [4.78, 5) is 27.2. The van der Waals surface area contributed by atoms with Crippen LogP contribution in [0, 0.1) is 5.41 Å². The first-order chi connectivity index (χ1) is 8.93. The molecule has 0 atom stereocenters. The predicted molar refractivity (Wildman–Crippen MR) is 66.8 cm³/mol. The second kappa shape index (κ2) is 3.93. The van der Waals surface area contributed by atoms with Crippen molar-refractivity contribution in [2.24, 2.45) is 5.41 Å². The smallest absolute Gasteiger partial charge is 0.342 e. The van der Waals surface area contributed by atoms with E-state index in [1.165, 1.54) is 0 Å². The van der Waals surface area contributed by atoms with E-state index >= 15 is 0 Å². The second-order valence-corrected chi connectivity index (χ2v) is 5.74. The highest BCUT2D eigenvalue weighted by atomic mass is 35.5. The summed E-state index contributed by atoms with van der Waals surface area (Å²) in [6, 6.07) is 0. The molecule has 3 rings (SSSR count). The van der Waals surface area contributed by atoms with Gasteiger partial charge in [0.05, 0.1) is 11.3 Å². The summed E-state index contributed by atoms with van der Waals surface area (Å²) in [5.74, 6) is -2.15. The van der Waals surface area contributed by atoms with Crippen molar-refractivity contribution in [3.8, 4) is 5.75 Å². The van der Waals surface area contributed by atoms with Gasteiger partial charge in [-0.2, -0.15) is 0 Å². The largest absolute Gasteiger partial charge is 0.506 e. The number of carbonyl (C=O) groups excluding carboxylic acids is 1. The number of fused-ring (bicyclic) bond motifs is 1. The van der Waals surface area contributed by atoms with Crippen molar-refractivity contribution in [1.29, 1.82) is 0 Å². The van der Waals surface area contributed by atoms with E-state index in [0.717, 1.165) is 19.3 Å². The molecule has 0 aromatic carbocycles. The van der Waals surface area contributed by atoms with E-state index in [0.29, 0.717) is 18.5 Å². The van der Waals surface area contributed by atoms with E-state index in [2.05, 4.69) is 4.98 Å². The summed E-state index contributed by atoms with van der Waals surface area (Å²) in [5.41, 5.74) is -0.0569. The number of pyridine rings is 1. The van der Waals surface area contributed by atoms with Crippen LogP contribution in [-0.2, 0) is 6.42 Å². The quantitative estimate of drug-likeness (QED) is 0.772. The fourth-order valence-corrected chi connectivity index (χ4v) is 3.35. The highest BCUT2D eigenvalue weighted by Gasteiger charge is 2.45. The van der Waals surface area contributed by atoms with E-state index in [1.807, 2.05) is 0 Å². The third-order valence-corrected chi connectivity index (χ3v) is 4.46. The zero-order chi connectivity index (χ0) is 13.8. The highest BCUT2D eigenvalue weighted by molar-refractivity contribution is 6.33. The first-order valence-corrected chi connectivity index (χ1v) is 6.49. The summed E-state index contributed by atoms with van der Waals surface area (Å²) >= 11 is 5.80. The minimum atomic E-state index is -1.38. The van der Waals surface area contributed by atoms with Crippen molar-refractivity contribution in [3.05, 3.63) is 22.0 Å². The minimum Gasteiger partial charge on any atom is -0.506 e. The van der Waals surface area contributed by atoms with Crippen LogP contribution in [0.15, 0.2) is 0 Å². The summed E-state index contributed by atoms with van der Waals surface area (Å²) in [5, 5.41) is 18.7. The minimum absolute atomic E-state index is 0.0410. The van der Waals surface area contributed by atoms with Crippen LogP contribution in [0.4, 0.5) is 0 Å². The zero-order valence-electron chi connectivity index (χ0n) is 10.1. The lowest BCUT2D eigenvalue weighted by molar-refractivity contribution is 0.0688. The molecule has 100 valence electrons. The molecule has 1 spiro atoms. The van der Waals surface area contributed by atoms with Crippen LogP contribution < -0.4 is 0 Å². The molecule has 1 fully saturated rings. The Morgan fingerprint density at radius 2 is 2.00 bits per heavy atom. The molecule has 0 saturated heterocycles. The highest BCUT2D eigenvalue weighted by Crippen LogP contribution is 2.51. The van der Waals surface area contributed by atoms with Gasteiger partial charge in [0.2, 0.25) is 0 Å². The second-order valence-electron chi connectivity index (χ2n) is 5.38. The number of carboxylic acids is 1. The fraction of sp³-hybridized carbons (Fsp3) is 0.462. The molecule has 6 heteroatoms. The predicted octanol–water partition coefficient (Wildman–Crippen LogP) is 2.44. The number of hydrogen-bond donors (Lipinski definition) is 2. The topological polar surface area (TPSA) is 87.5 Å². The van der Waals surface area contributed by atoms with E-state index in [4.69, 9.17) is 16.7 Å². The Kier molecular flexibility index (Phi) is 2.57. The molecule has 0 amide bonds. The number of aromatic carboxylic acids is 1. The van der Waals surface area contributed by atoms with Gasteiger partial charge >= 0.3 is 5.97 Å². The Labute approximate surface area is 114 Å². The normalized spacial score (nSPS) is 19.9. The van der Waals surface area contributed by atoms with Crippen molar-refractivity contribution in [1.82, 2.24) is 4.98 Å². The molecule has 5 nitrogen and oxygen atoms in total. The van der Waals surface area contributed by atoms with Crippen molar-refractivity contribution >= 4 is 23.4 Å². The first-order valence-electron chi connectivity index (χ1n) is 6.11. The molecule has 2 aliphatic carbocycles. The Hall–Kier alpha value is -1.62. The van der Waals surface area contributed by atoms with Crippen LogP contribution >= 0.6 is 11.6 Å². The number of halogens is 1. The van der Waals surface area contributed by atoms with E-state index < -0.39 is 17.3 Å². The molecule has 0 aliphatic heterocycles. The van der Waals surface area contributed by atoms with Crippen molar-refractivity contribution in [2.75, 3.05) is 0 Å². The Bertz CT molecular complexity index is 607. The third kappa shape index (κ3) is 1.72. The molecule has 1 aromatic rings. The monoisotopic (exact) mass is 281 g/mol. The summed E-state index contributed by atoms with van der Waals surface area (Å²) in [6.45, 7) is 0. The molecule has 1 aromatic heterocycles. The van der Waals surface area contributed by atoms with Gasteiger partial charge in [-0.05, 0) is 24.7 Å². The number of hydrogen-bond acceptors (Lipinski definition) is 4. The molecule has 2 N–H and O–H groups in total. The van der Waals surface area contributed by atoms with Crippen LogP contribution in [-0.4, -0.2) is 26.9 Å². The Morgan fingerprint density at radius 1 is 1.32 bits per heavy atom. The number of Topliss-reactive ketones (excluding diaryl/α,β-unsaturated/α-hetero) is 1. The number of aromatic nitrogens is 1. The maximum absolute atomic E-state index is 12.2. The van der Waals surface area contributed by atoms with Gasteiger partial charge in [-0.25, -0.2) is 9.78 Å². The number of nitrogens with zero attached hydrogens (tertiary/aromatic N) is 1. The fourth-order valence-electron chi connectivity index (χ4n) is 3.08. The van der Waals surface area contributed by atoms with Crippen LogP contribution in [0.5, 0.6) is 5.75 Å². The molecule has 1 saturated carbocycles. The van der Waals surface area contributed by atoms with Gasteiger partial charge in [0.15, 0.2) is 5.78 Å². The number of carbonyl (C=O) groups is 2. The summed E-state index contributed by atoms with van der Waals surface area (Å²) in [6.07, 6.45) is 3.98. The van der Waals surface area contributed by atoms with Crippen molar-refractivity contribution in [2.45, 2.75) is 32.1 Å². The van der Waals surface area contributed by atoms with E-state index in [9.17, 15) is 14.7 Å². The van der Waals surface area contributed by atoms with Crippen molar-refractivity contribution in [3.63, 3.8) is 0 Å². The first kappa shape index (κ1) is 12.4. The average molecular weight is 282 g/mol. The molecule has 0 bridgehead atoms. The van der Waals surface area contributed by atoms with E-state index in [-0.39, 0.29) is 21.9 Å². The maximum atomic E-state index is 12.2. The standard InChI is InChI=1S/C13H12ClNO4/c14-11-9(12(18)19)10(17)8-6(15-11)4-13(2-1-3-13)5-7(8)16/h1-5H2,(H,15,17)(H,18,19). The number of ketones is 1.